The summed E-state index contributed by atoms with van der Waals surface area (Å²) in [7, 11) is 0. The summed E-state index contributed by atoms with van der Waals surface area (Å²) >= 11 is 6.44. The van der Waals surface area contributed by atoms with Crippen LogP contribution in [0.25, 0.3) is 0 Å². The van der Waals surface area contributed by atoms with Crippen molar-refractivity contribution in [2.24, 2.45) is 0 Å². The van der Waals surface area contributed by atoms with Gasteiger partial charge >= 0.3 is 37.7 Å². The van der Waals surface area contributed by atoms with Crippen LogP contribution in [0.2, 0.25) is 0 Å². The van der Waals surface area contributed by atoms with E-state index in [0.717, 1.165) is 0 Å². The van der Waals surface area contributed by atoms with E-state index in [4.69, 9.17) is 0 Å². The fourth-order valence-corrected chi connectivity index (χ4v) is 0. The van der Waals surface area contributed by atoms with Crippen molar-refractivity contribution in [1.82, 2.24) is 0 Å². The maximum atomic E-state index is 3.22. The summed E-state index contributed by atoms with van der Waals surface area (Å²) in [6, 6.07) is 0. The van der Waals surface area contributed by atoms with Gasteiger partial charge in [0, 0.05) is 0 Å². The van der Waals surface area contributed by atoms with Gasteiger partial charge < -0.3 is 5.48 Å². The van der Waals surface area contributed by atoms with Gasteiger partial charge in [-0.15, -0.1) is 23.3 Å². The van der Waals surface area contributed by atoms with Gasteiger partial charge in [-0.1, -0.05) is 0 Å². The van der Waals surface area contributed by atoms with Crippen molar-refractivity contribution in [3.05, 3.63) is 0 Å². The number of hydrogen-bond donors (Lipinski definition) is 2. The van der Waals surface area contributed by atoms with E-state index in [1.54, 1.807) is 0 Å². The molecule has 26 valence electrons. The van der Waals surface area contributed by atoms with Crippen LogP contribution in [-0.2, 0) is 0 Å². The quantitative estimate of drug-likeness (QED) is 0.237. The van der Waals surface area contributed by atoms with Gasteiger partial charge in [-0.05, 0) is 0 Å². The SMILES string of the molecule is O.SS.[CaH2]. The van der Waals surface area contributed by atoms with Crippen molar-refractivity contribution in [3.63, 3.8) is 0 Å². The molecule has 0 amide bonds. The van der Waals surface area contributed by atoms with Crippen LogP contribution in [0.5, 0.6) is 0 Å². The van der Waals surface area contributed by atoms with Crippen molar-refractivity contribution in [1.29, 1.82) is 0 Å². The average molecular weight is 126 g/mol. The van der Waals surface area contributed by atoms with Crippen LogP contribution in [0, 0.1) is 0 Å². The van der Waals surface area contributed by atoms with E-state index in [-0.39, 0.29) is 43.2 Å². The first-order valence-corrected chi connectivity index (χ1v) is 1.80. The van der Waals surface area contributed by atoms with Gasteiger partial charge in [0.25, 0.3) is 0 Å². The molecule has 0 aliphatic heterocycles. The molecule has 0 atom stereocenters. The monoisotopic (exact) mass is 126 g/mol. The molecule has 0 radical (unpaired) electrons. The molecule has 0 saturated carbocycles. The third kappa shape index (κ3) is 9.07. The second-order valence-electron chi connectivity index (χ2n) is 0. The summed E-state index contributed by atoms with van der Waals surface area (Å²) in [6.45, 7) is 0. The Morgan fingerprint density at radius 3 is 1.00 bits per heavy atom. The third-order valence-corrected chi connectivity index (χ3v) is 0. The van der Waals surface area contributed by atoms with Crippen molar-refractivity contribution in [2.45, 2.75) is 0 Å². The molecule has 0 aromatic heterocycles. The van der Waals surface area contributed by atoms with Crippen LogP contribution < -0.4 is 0 Å². The van der Waals surface area contributed by atoms with Crippen molar-refractivity contribution >= 4 is 61.1 Å². The topological polar surface area (TPSA) is 31.5 Å². The van der Waals surface area contributed by atoms with Crippen LogP contribution in [0.4, 0.5) is 0 Å². The molecule has 0 aliphatic rings. The average Bonchev–Trinajstić information content (AvgIpc) is 1.00. The Morgan fingerprint density at radius 2 is 1.00 bits per heavy atom. The molecule has 0 rings (SSSR count). The van der Waals surface area contributed by atoms with Crippen molar-refractivity contribution in [3.8, 4) is 0 Å². The second kappa shape index (κ2) is 20.5. The van der Waals surface area contributed by atoms with Gasteiger partial charge in [0.05, 0.1) is 0 Å². The van der Waals surface area contributed by atoms with Crippen LogP contribution >= 0.6 is 23.3 Å². The van der Waals surface area contributed by atoms with E-state index < -0.39 is 0 Å². The Balaban J connectivity index is -0.00000000500. The Bertz CT molecular complexity index is 6.00. The summed E-state index contributed by atoms with van der Waals surface area (Å²) in [5, 5.41) is 0. The van der Waals surface area contributed by atoms with Gasteiger partial charge in [0.1, 0.15) is 0 Å². The molecule has 0 bridgehead atoms. The maximum absolute atomic E-state index is 3.22. The van der Waals surface area contributed by atoms with Gasteiger partial charge in [0.2, 0.25) is 0 Å². The summed E-state index contributed by atoms with van der Waals surface area (Å²) in [6.07, 6.45) is 0. The molecule has 2 N–H and O–H groups in total. The van der Waals surface area contributed by atoms with Crippen LogP contribution in [0.15, 0.2) is 0 Å². The fourth-order valence-electron chi connectivity index (χ4n) is 0. The minimum absolute atomic E-state index is 0. The molecule has 0 unspecified atom stereocenters. The molecule has 0 heterocycles. The normalized spacial score (nSPS) is 1.50. The first-order valence-electron chi connectivity index (χ1n) is 0.200. The molecular formula is H6CaOS2. The zero-order chi connectivity index (χ0) is 2.00. The predicted molar refractivity (Wildman–Crippen MR) is 30.1 cm³/mol. The van der Waals surface area contributed by atoms with Gasteiger partial charge in [-0.25, -0.2) is 0 Å². The van der Waals surface area contributed by atoms with Gasteiger partial charge in [-0.2, -0.15) is 0 Å². The Morgan fingerprint density at radius 1 is 1.00 bits per heavy atom. The van der Waals surface area contributed by atoms with E-state index in [1.807, 2.05) is 0 Å². The first-order chi connectivity index (χ1) is 1.00. The molecule has 0 aromatic rings. The number of rotatable bonds is 0. The molecule has 0 saturated heterocycles. The first kappa shape index (κ1) is 16.8. The molecule has 4 heteroatoms. The molecule has 0 fully saturated rings. The summed E-state index contributed by atoms with van der Waals surface area (Å²) in [5.74, 6) is 0. The Labute approximate surface area is 65.7 Å². The predicted octanol–water partition coefficient (Wildman–Crippen LogP) is -0.980. The zero-order valence-corrected chi connectivity index (χ0v) is 3.18. The van der Waals surface area contributed by atoms with E-state index >= 15 is 0 Å². The Hall–Kier alpha value is 1.92. The standard InChI is InChI=1S/Ca.H2O.H2S2.2H/c;;1-2;;/h;1H2;1-2H;;. The zero-order valence-electron chi connectivity index (χ0n) is 1.39. The molecule has 0 aliphatic carbocycles. The number of thiol groups is 2. The van der Waals surface area contributed by atoms with Crippen molar-refractivity contribution < 1.29 is 5.48 Å². The molecule has 4 heavy (non-hydrogen) atoms. The number of hydrogen-bond acceptors (Lipinski definition) is 2. The van der Waals surface area contributed by atoms with Gasteiger partial charge in [0.15, 0.2) is 0 Å². The fraction of sp³-hybridized carbons (Fsp3) is 0. The summed E-state index contributed by atoms with van der Waals surface area (Å²) in [5.41, 5.74) is 0. The molecule has 0 aromatic carbocycles. The molecular weight excluding hydrogens is 120 g/mol. The van der Waals surface area contributed by atoms with Crippen LogP contribution in [0.1, 0.15) is 0 Å². The van der Waals surface area contributed by atoms with E-state index in [2.05, 4.69) is 23.3 Å². The third-order valence-electron chi connectivity index (χ3n) is 0. The van der Waals surface area contributed by atoms with Crippen LogP contribution in [0.3, 0.4) is 0 Å². The Kier molecular flexibility index (Phi) is 86.2. The van der Waals surface area contributed by atoms with Crippen LogP contribution in [-0.4, -0.2) is 43.2 Å². The van der Waals surface area contributed by atoms with Crippen molar-refractivity contribution in [2.75, 3.05) is 0 Å². The molecule has 1 nitrogen and oxygen atoms in total. The minimum atomic E-state index is 0. The van der Waals surface area contributed by atoms with E-state index in [9.17, 15) is 0 Å². The second-order valence-corrected chi connectivity index (χ2v) is 0. The summed E-state index contributed by atoms with van der Waals surface area (Å²) < 4.78 is 0. The summed E-state index contributed by atoms with van der Waals surface area (Å²) in [4.78, 5) is 0. The molecule has 0 spiro atoms. The van der Waals surface area contributed by atoms with Gasteiger partial charge in [-0.3, -0.25) is 0 Å². The van der Waals surface area contributed by atoms with E-state index in [1.165, 1.54) is 0 Å². The van der Waals surface area contributed by atoms with E-state index in [0.29, 0.717) is 0 Å².